The quantitative estimate of drug-likeness (QED) is 0.374. The van der Waals surface area contributed by atoms with Crippen LogP contribution in [0.4, 0.5) is 0 Å². The van der Waals surface area contributed by atoms with Crippen LogP contribution in [0.5, 0.6) is 5.75 Å². The number of phenolic OH excluding ortho intramolecular Hbond substituents is 1. The third kappa shape index (κ3) is 5.40. The second kappa shape index (κ2) is 8.22. The van der Waals surface area contributed by atoms with Gasteiger partial charge in [-0.05, 0) is 75.6 Å². The molecule has 3 rings (SSSR count). The molecule has 4 nitrogen and oxygen atoms in total. The Labute approximate surface area is 165 Å². The summed E-state index contributed by atoms with van der Waals surface area (Å²) >= 11 is 0. The number of aromatic nitrogens is 1. The summed E-state index contributed by atoms with van der Waals surface area (Å²) < 4.78 is 5.41. The highest BCUT2D eigenvalue weighted by Gasteiger charge is 2.19. The topological polar surface area (TPSA) is 62.3 Å². The third-order valence-corrected chi connectivity index (χ3v) is 4.15. The van der Waals surface area contributed by atoms with Crippen molar-refractivity contribution in [3.8, 4) is 17.6 Å². The van der Waals surface area contributed by atoms with Gasteiger partial charge in [0.15, 0.2) is 0 Å². The molecule has 0 atom stereocenters. The van der Waals surface area contributed by atoms with Gasteiger partial charge in [-0.25, -0.2) is 4.79 Å². The van der Waals surface area contributed by atoms with Crippen molar-refractivity contribution < 1.29 is 14.6 Å². The third-order valence-electron chi connectivity index (χ3n) is 4.15. The van der Waals surface area contributed by atoms with Gasteiger partial charge in [0.25, 0.3) is 0 Å². The van der Waals surface area contributed by atoms with Gasteiger partial charge < -0.3 is 14.8 Å². The Morgan fingerprint density at radius 1 is 1.14 bits per heavy atom. The summed E-state index contributed by atoms with van der Waals surface area (Å²) in [5, 5.41) is 10.4. The maximum atomic E-state index is 12.2. The predicted molar refractivity (Wildman–Crippen MR) is 111 cm³/mol. The molecule has 0 bridgehead atoms. The average molecular weight is 375 g/mol. The highest BCUT2D eigenvalue weighted by atomic mass is 16.6. The minimum Gasteiger partial charge on any atom is -0.508 e. The number of hydrogen-bond acceptors (Lipinski definition) is 3. The van der Waals surface area contributed by atoms with Gasteiger partial charge in [-0.3, -0.25) is 0 Å². The summed E-state index contributed by atoms with van der Waals surface area (Å²) in [7, 11) is 0. The lowest BCUT2D eigenvalue weighted by Gasteiger charge is -2.18. The second-order valence-corrected chi connectivity index (χ2v) is 7.81. The first-order chi connectivity index (χ1) is 13.3. The van der Waals surface area contributed by atoms with E-state index in [1.165, 1.54) is 0 Å². The Kier molecular flexibility index (Phi) is 5.75. The smallest absolute Gasteiger partial charge is 0.355 e. The number of ether oxygens (including phenoxy) is 1. The molecule has 0 spiro atoms. The largest absolute Gasteiger partial charge is 0.508 e. The standard InChI is InChI=1S/C24H25NO3/c1-24(2,3)28-23(27)22-16-19-14-18(12-13-21(19)25-22)9-6-4-5-8-17-10-7-11-20(26)15-17/h7,10-16,25-26H,4-5,8H2,1-3H3. The lowest BCUT2D eigenvalue weighted by atomic mass is 10.1. The van der Waals surface area contributed by atoms with Crippen LogP contribution in [0, 0.1) is 11.8 Å². The van der Waals surface area contributed by atoms with E-state index in [4.69, 9.17) is 4.74 Å². The van der Waals surface area contributed by atoms with Gasteiger partial charge in [-0.2, -0.15) is 0 Å². The number of esters is 1. The number of hydrogen-bond donors (Lipinski definition) is 2. The van der Waals surface area contributed by atoms with E-state index in [1.807, 2.05) is 51.1 Å². The molecular formula is C24H25NO3. The molecule has 4 heteroatoms. The van der Waals surface area contributed by atoms with Crippen molar-refractivity contribution in [3.05, 3.63) is 65.4 Å². The molecule has 28 heavy (non-hydrogen) atoms. The van der Waals surface area contributed by atoms with Crippen molar-refractivity contribution in [2.45, 2.75) is 45.6 Å². The van der Waals surface area contributed by atoms with E-state index < -0.39 is 5.60 Å². The lowest BCUT2D eigenvalue weighted by molar-refractivity contribution is 0.00639. The first kappa shape index (κ1) is 19.6. The van der Waals surface area contributed by atoms with Crippen LogP contribution < -0.4 is 0 Å². The van der Waals surface area contributed by atoms with Gasteiger partial charge in [-0.1, -0.05) is 24.0 Å². The van der Waals surface area contributed by atoms with Crippen LogP contribution in [0.1, 0.15) is 55.2 Å². The van der Waals surface area contributed by atoms with E-state index in [0.717, 1.165) is 41.3 Å². The number of aryl methyl sites for hydroxylation is 1. The van der Waals surface area contributed by atoms with Crippen LogP contribution in [-0.2, 0) is 11.2 Å². The zero-order valence-electron chi connectivity index (χ0n) is 16.5. The molecule has 0 aliphatic rings. The van der Waals surface area contributed by atoms with E-state index in [0.29, 0.717) is 11.4 Å². The summed E-state index contributed by atoms with van der Waals surface area (Å²) in [6, 6.07) is 15.0. The fourth-order valence-electron chi connectivity index (χ4n) is 2.91. The van der Waals surface area contributed by atoms with Gasteiger partial charge >= 0.3 is 5.97 Å². The van der Waals surface area contributed by atoms with Gasteiger partial charge in [0, 0.05) is 22.9 Å². The van der Waals surface area contributed by atoms with Gasteiger partial charge in [0.1, 0.15) is 17.0 Å². The van der Waals surface area contributed by atoms with E-state index in [2.05, 4.69) is 16.8 Å². The Morgan fingerprint density at radius 3 is 2.71 bits per heavy atom. The number of nitrogens with one attached hydrogen (secondary N) is 1. The molecule has 2 N–H and O–H groups in total. The molecule has 3 aromatic rings. The first-order valence-corrected chi connectivity index (χ1v) is 9.43. The number of carbonyl (C=O) groups is 1. The summed E-state index contributed by atoms with van der Waals surface area (Å²) in [5.41, 5.74) is 2.84. The Morgan fingerprint density at radius 2 is 1.96 bits per heavy atom. The van der Waals surface area contributed by atoms with Crippen molar-refractivity contribution in [2.24, 2.45) is 0 Å². The van der Waals surface area contributed by atoms with E-state index in [-0.39, 0.29) is 5.97 Å². The molecule has 2 aromatic carbocycles. The molecule has 0 saturated heterocycles. The van der Waals surface area contributed by atoms with Crippen molar-refractivity contribution >= 4 is 16.9 Å². The number of H-pyrrole nitrogens is 1. The number of aromatic hydroxyl groups is 1. The lowest BCUT2D eigenvalue weighted by Crippen LogP contribution is -2.24. The highest BCUT2D eigenvalue weighted by Crippen LogP contribution is 2.19. The maximum Gasteiger partial charge on any atom is 0.355 e. The summed E-state index contributed by atoms with van der Waals surface area (Å²) in [6.07, 6.45) is 2.61. The molecule has 0 aliphatic heterocycles. The van der Waals surface area contributed by atoms with Crippen molar-refractivity contribution in [1.29, 1.82) is 0 Å². The molecule has 0 aliphatic carbocycles. The predicted octanol–water partition coefficient (Wildman–Crippen LogP) is 5.20. The van der Waals surface area contributed by atoms with Gasteiger partial charge in [0.2, 0.25) is 0 Å². The van der Waals surface area contributed by atoms with Crippen LogP contribution >= 0.6 is 0 Å². The van der Waals surface area contributed by atoms with Crippen LogP contribution in [0.25, 0.3) is 10.9 Å². The molecule has 0 fully saturated rings. The van der Waals surface area contributed by atoms with Crippen molar-refractivity contribution in [1.82, 2.24) is 4.98 Å². The number of fused-ring (bicyclic) bond motifs is 1. The fraction of sp³-hybridized carbons (Fsp3) is 0.292. The first-order valence-electron chi connectivity index (χ1n) is 9.43. The number of benzene rings is 2. The van der Waals surface area contributed by atoms with Gasteiger partial charge in [0.05, 0.1) is 0 Å². The fourth-order valence-corrected chi connectivity index (χ4v) is 2.91. The summed E-state index contributed by atoms with van der Waals surface area (Å²) in [5.74, 6) is 6.32. The second-order valence-electron chi connectivity index (χ2n) is 7.81. The molecule has 0 unspecified atom stereocenters. The molecular weight excluding hydrogens is 350 g/mol. The maximum absolute atomic E-state index is 12.2. The number of aromatic amines is 1. The van der Waals surface area contributed by atoms with E-state index >= 15 is 0 Å². The van der Waals surface area contributed by atoms with Crippen LogP contribution in [0.2, 0.25) is 0 Å². The number of carbonyl (C=O) groups excluding carboxylic acids is 1. The molecule has 0 amide bonds. The highest BCUT2D eigenvalue weighted by molar-refractivity contribution is 5.95. The minimum atomic E-state index is -0.524. The van der Waals surface area contributed by atoms with Crippen LogP contribution in [0.15, 0.2) is 48.5 Å². The monoisotopic (exact) mass is 375 g/mol. The Bertz CT molecular complexity index is 1040. The Balaban J connectivity index is 1.61. The summed E-state index contributed by atoms with van der Waals surface area (Å²) in [4.78, 5) is 15.3. The average Bonchev–Trinajstić information content (AvgIpc) is 3.04. The zero-order valence-corrected chi connectivity index (χ0v) is 16.5. The van der Waals surface area contributed by atoms with Crippen LogP contribution in [0.3, 0.4) is 0 Å². The number of phenols is 1. The summed E-state index contributed by atoms with van der Waals surface area (Å²) in [6.45, 7) is 5.55. The van der Waals surface area contributed by atoms with Gasteiger partial charge in [-0.15, -0.1) is 0 Å². The molecule has 0 saturated carbocycles. The molecule has 1 heterocycles. The molecule has 144 valence electrons. The number of unbranched alkanes of at least 4 members (excludes halogenated alkanes) is 1. The van der Waals surface area contributed by atoms with Crippen molar-refractivity contribution in [2.75, 3.05) is 0 Å². The normalized spacial score (nSPS) is 11.1. The van der Waals surface area contributed by atoms with E-state index in [9.17, 15) is 9.90 Å². The Hall–Kier alpha value is -3.19. The van der Waals surface area contributed by atoms with Crippen LogP contribution in [-0.4, -0.2) is 21.7 Å². The number of rotatable bonds is 4. The van der Waals surface area contributed by atoms with E-state index in [1.54, 1.807) is 18.2 Å². The zero-order chi connectivity index (χ0) is 20.1. The molecule has 1 aromatic heterocycles. The molecule has 0 radical (unpaired) electrons. The SMILES string of the molecule is CC(C)(C)OC(=O)c1cc2cc(C#CCCCc3cccc(O)c3)ccc2[nH]1. The minimum absolute atomic E-state index is 0.300. The van der Waals surface area contributed by atoms with Crippen molar-refractivity contribution in [3.63, 3.8) is 0 Å².